The Morgan fingerprint density at radius 3 is 2.28 bits per heavy atom. The number of aromatic nitrogens is 1. The fourth-order valence-electron chi connectivity index (χ4n) is 1.26. The van der Waals surface area contributed by atoms with Crippen molar-refractivity contribution in [3.8, 4) is 0 Å². The van der Waals surface area contributed by atoms with E-state index in [9.17, 15) is 9.59 Å². The lowest BCUT2D eigenvalue weighted by molar-refractivity contribution is -0.140. The highest BCUT2D eigenvalue weighted by atomic mass is 35.5. The predicted octanol–water partition coefficient (Wildman–Crippen LogP) is 0.887. The number of hydrogen-bond donors (Lipinski definition) is 0. The van der Waals surface area contributed by atoms with Crippen LogP contribution in [-0.2, 0) is 19.1 Å². The van der Waals surface area contributed by atoms with Crippen LogP contribution in [0.3, 0.4) is 0 Å². The molecule has 0 amide bonds. The molecule has 98 valence electrons. The number of esters is 2. The Labute approximate surface area is 109 Å². The average molecular weight is 273 g/mol. The van der Waals surface area contributed by atoms with Crippen molar-refractivity contribution in [3.05, 3.63) is 23.4 Å². The third-order valence-corrected chi connectivity index (χ3v) is 2.43. The van der Waals surface area contributed by atoms with Gasteiger partial charge in [0.15, 0.2) is 0 Å². The molecule has 0 radical (unpaired) electrons. The van der Waals surface area contributed by atoms with E-state index in [4.69, 9.17) is 11.6 Å². The lowest BCUT2D eigenvalue weighted by Gasteiger charge is -2.21. The van der Waals surface area contributed by atoms with Crippen molar-refractivity contribution in [2.75, 3.05) is 32.2 Å². The number of hydrogen-bond acceptors (Lipinski definition) is 6. The molecule has 1 heterocycles. The number of methoxy groups -OCH3 is 2. The van der Waals surface area contributed by atoms with Crippen LogP contribution >= 0.6 is 11.6 Å². The molecule has 0 saturated heterocycles. The van der Waals surface area contributed by atoms with Crippen molar-refractivity contribution >= 4 is 29.4 Å². The molecular formula is C11H13ClN2O4. The fraction of sp³-hybridized carbons (Fsp3) is 0.364. The number of ether oxygens (including phenoxy) is 2. The quantitative estimate of drug-likeness (QED) is 0.742. The lowest BCUT2D eigenvalue weighted by Crippen LogP contribution is -2.36. The maximum atomic E-state index is 11.3. The Morgan fingerprint density at radius 2 is 1.83 bits per heavy atom. The van der Waals surface area contributed by atoms with E-state index in [1.165, 1.54) is 25.3 Å². The summed E-state index contributed by atoms with van der Waals surface area (Å²) in [5, 5.41) is 0.338. The smallest absolute Gasteiger partial charge is 0.325 e. The van der Waals surface area contributed by atoms with Gasteiger partial charge in [-0.3, -0.25) is 9.59 Å². The molecule has 1 aromatic rings. The zero-order valence-corrected chi connectivity index (χ0v) is 10.8. The molecule has 0 saturated carbocycles. The summed E-state index contributed by atoms with van der Waals surface area (Å²) in [5.41, 5.74) is 0. The van der Waals surface area contributed by atoms with Gasteiger partial charge in [0.05, 0.1) is 19.2 Å². The molecule has 0 fully saturated rings. The van der Waals surface area contributed by atoms with Crippen molar-refractivity contribution < 1.29 is 19.1 Å². The summed E-state index contributed by atoms with van der Waals surface area (Å²) in [5.74, 6) is -0.670. The third kappa shape index (κ3) is 3.89. The molecule has 0 aliphatic carbocycles. The molecule has 0 aliphatic rings. The van der Waals surface area contributed by atoms with Gasteiger partial charge in [0.2, 0.25) is 0 Å². The number of rotatable bonds is 5. The molecule has 0 aliphatic heterocycles. The summed E-state index contributed by atoms with van der Waals surface area (Å²) < 4.78 is 9.11. The number of nitrogens with zero attached hydrogens (tertiary/aromatic N) is 2. The minimum absolute atomic E-state index is 0.137. The molecule has 0 aromatic carbocycles. The second kappa shape index (κ2) is 6.80. The number of carbonyl (C=O) groups excluding carboxylic acids is 2. The minimum atomic E-state index is -0.499. The van der Waals surface area contributed by atoms with E-state index < -0.39 is 11.9 Å². The molecule has 6 nitrogen and oxygen atoms in total. The van der Waals surface area contributed by atoms with Gasteiger partial charge in [0.1, 0.15) is 18.9 Å². The van der Waals surface area contributed by atoms with Crippen molar-refractivity contribution in [1.82, 2.24) is 4.98 Å². The molecule has 18 heavy (non-hydrogen) atoms. The van der Waals surface area contributed by atoms with Gasteiger partial charge in [-0.05, 0) is 12.1 Å². The van der Waals surface area contributed by atoms with Crippen molar-refractivity contribution in [3.63, 3.8) is 0 Å². The van der Waals surface area contributed by atoms with Gasteiger partial charge in [0.25, 0.3) is 0 Å². The number of pyridine rings is 1. The Kier molecular flexibility index (Phi) is 5.38. The first-order valence-corrected chi connectivity index (χ1v) is 5.45. The number of halogens is 1. The van der Waals surface area contributed by atoms with Crippen LogP contribution < -0.4 is 4.90 Å². The molecule has 1 aromatic heterocycles. The average Bonchev–Trinajstić information content (AvgIpc) is 2.38. The van der Waals surface area contributed by atoms with E-state index in [2.05, 4.69) is 14.5 Å². The van der Waals surface area contributed by atoms with Gasteiger partial charge in [-0.1, -0.05) is 11.6 Å². The zero-order valence-electron chi connectivity index (χ0n) is 10.1. The summed E-state index contributed by atoms with van der Waals surface area (Å²) in [7, 11) is 2.53. The van der Waals surface area contributed by atoms with Crippen LogP contribution in [0.15, 0.2) is 18.3 Å². The highest BCUT2D eigenvalue weighted by Crippen LogP contribution is 2.22. The maximum absolute atomic E-state index is 11.3. The predicted molar refractivity (Wildman–Crippen MR) is 65.5 cm³/mol. The molecule has 0 bridgehead atoms. The van der Waals surface area contributed by atoms with Gasteiger partial charge in [-0.25, -0.2) is 4.98 Å². The maximum Gasteiger partial charge on any atom is 0.325 e. The van der Waals surface area contributed by atoms with Crippen LogP contribution in [0.25, 0.3) is 0 Å². The normalized spacial score (nSPS) is 9.72. The highest BCUT2D eigenvalue weighted by Gasteiger charge is 2.19. The molecule has 7 heteroatoms. The minimum Gasteiger partial charge on any atom is -0.468 e. The Morgan fingerprint density at radius 1 is 1.28 bits per heavy atom. The van der Waals surface area contributed by atoms with Crippen molar-refractivity contribution in [2.45, 2.75) is 0 Å². The Hall–Kier alpha value is -1.82. The second-order valence-corrected chi connectivity index (χ2v) is 3.72. The van der Waals surface area contributed by atoms with Gasteiger partial charge in [0, 0.05) is 6.20 Å². The molecule has 0 N–H and O–H groups in total. The van der Waals surface area contributed by atoms with Crippen LogP contribution in [0.2, 0.25) is 5.02 Å². The molecule has 0 spiro atoms. The van der Waals surface area contributed by atoms with Gasteiger partial charge < -0.3 is 14.4 Å². The molecule has 0 unspecified atom stereocenters. The van der Waals surface area contributed by atoms with Crippen LogP contribution in [0.4, 0.5) is 5.82 Å². The Balaban J connectivity index is 2.93. The van der Waals surface area contributed by atoms with Gasteiger partial charge in [-0.15, -0.1) is 0 Å². The standard InChI is InChI=1S/C11H13ClN2O4/c1-17-9(15)6-14(7-10(16)18-2)11-8(12)4-3-5-13-11/h3-5H,6-7H2,1-2H3. The lowest BCUT2D eigenvalue weighted by atomic mass is 10.4. The topological polar surface area (TPSA) is 68.7 Å². The zero-order chi connectivity index (χ0) is 13.5. The number of anilines is 1. The summed E-state index contributed by atoms with van der Waals surface area (Å²) in [6.07, 6.45) is 1.52. The van der Waals surface area contributed by atoms with Crippen LogP contribution in [-0.4, -0.2) is 44.2 Å². The SMILES string of the molecule is COC(=O)CN(CC(=O)OC)c1ncccc1Cl. The number of carbonyl (C=O) groups is 2. The van der Waals surface area contributed by atoms with E-state index in [1.807, 2.05) is 0 Å². The van der Waals surface area contributed by atoms with Crippen molar-refractivity contribution in [1.29, 1.82) is 0 Å². The first-order chi connectivity index (χ1) is 8.58. The van der Waals surface area contributed by atoms with E-state index in [0.717, 1.165) is 0 Å². The molecule has 0 atom stereocenters. The first-order valence-electron chi connectivity index (χ1n) is 5.07. The Bertz CT molecular complexity index is 421. The van der Waals surface area contributed by atoms with E-state index in [-0.39, 0.29) is 13.1 Å². The van der Waals surface area contributed by atoms with Crippen LogP contribution in [0.5, 0.6) is 0 Å². The molecular weight excluding hydrogens is 260 g/mol. The van der Waals surface area contributed by atoms with E-state index in [0.29, 0.717) is 10.8 Å². The van der Waals surface area contributed by atoms with Gasteiger partial charge >= 0.3 is 11.9 Å². The summed E-state index contributed by atoms with van der Waals surface area (Å²) in [4.78, 5) is 28.0. The monoisotopic (exact) mass is 272 g/mol. The summed E-state index contributed by atoms with van der Waals surface area (Å²) in [6.45, 7) is -0.273. The van der Waals surface area contributed by atoms with Crippen LogP contribution in [0.1, 0.15) is 0 Å². The summed E-state index contributed by atoms with van der Waals surface area (Å²) >= 11 is 5.96. The van der Waals surface area contributed by atoms with Crippen LogP contribution in [0, 0.1) is 0 Å². The first kappa shape index (κ1) is 14.2. The molecule has 1 rings (SSSR count). The van der Waals surface area contributed by atoms with E-state index in [1.54, 1.807) is 12.1 Å². The highest BCUT2D eigenvalue weighted by molar-refractivity contribution is 6.33. The third-order valence-electron chi connectivity index (χ3n) is 2.13. The van der Waals surface area contributed by atoms with Gasteiger partial charge in [-0.2, -0.15) is 0 Å². The van der Waals surface area contributed by atoms with E-state index >= 15 is 0 Å². The fourth-order valence-corrected chi connectivity index (χ4v) is 1.50. The summed E-state index contributed by atoms with van der Waals surface area (Å²) in [6, 6.07) is 3.27. The second-order valence-electron chi connectivity index (χ2n) is 3.32. The largest absolute Gasteiger partial charge is 0.468 e. The van der Waals surface area contributed by atoms with Crippen molar-refractivity contribution in [2.24, 2.45) is 0 Å².